The molecule has 0 amide bonds. The van der Waals surface area contributed by atoms with E-state index in [1.54, 1.807) is 18.2 Å². The Morgan fingerprint density at radius 2 is 1.34 bits per heavy atom. The summed E-state index contributed by atoms with van der Waals surface area (Å²) in [6.45, 7) is 2.06. The largest absolute Gasteiger partial charge is 0.487 e. The minimum absolute atomic E-state index is 0.0173. The van der Waals surface area contributed by atoms with Gasteiger partial charge in [-0.2, -0.15) is 8.78 Å². The van der Waals surface area contributed by atoms with Crippen LogP contribution in [0, 0.1) is 40.8 Å². The average Bonchev–Trinajstić information content (AvgIpc) is 3.03. The Morgan fingerprint density at radius 3 is 1.94 bits per heavy atom. The van der Waals surface area contributed by atoms with Crippen molar-refractivity contribution in [1.82, 2.24) is 0 Å². The topological polar surface area (TPSA) is 18.5 Å². The summed E-state index contributed by atoms with van der Waals surface area (Å²) in [5.41, 5.74) is 0.965. The lowest BCUT2D eigenvalue weighted by Crippen LogP contribution is -2.22. The summed E-state index contributed by atoms with van der Waals surface area (Å²) in [7, 11) is 0. The highest BCUT2D eigenvalue weighted by molar-refractivity contribution is 5.65. The van der Waals surface area contributed by atoms with Gasteiger partial charge in [0, 0.05) is 17.7 Å². The molecule has 0 unspecified atom stereocenters. The summed E-state index contributed by atoms with van der Waals surface area (Å²) in [5.74, 6) is -8.97. The molecular weight excluding hydrogens is 628 g/mol. The number of unbranched alkanes of at least 4 members (excludes halogenated alkanes) is 2. The van der Waals surface area contributed by atoms with Crippen LogP contribution >= 0.6 is 0 Å². The first kappa shape index (κ1) is 34.3. The maximum absolute atomic E-state index is 14.9. The molecule has 0 aliphatic heterocycles. The van der Waals surface area contributed by atoms with Crippen molar-refractivity contribution in [3.63, 3.8) is 0 Å². The Kier molecular flexibility index (Phi) is 10.8. The van der Waals surface area contributed by atoms with Crippen molar-refractivity contribution in [2.24, 2.45) is 5.92 Å². The zero-order valence-electron chi connectivity index (χ0n) is 25.7. The molecule has 1 aliphatic carbocycles. The van der Waals surface area contributed by atoms with Crippen LogP contribution in [0.4, 0.5) is 35.1 Å². The summed E-state index contributed by atoms with van der Waals surface area (Å²) in [6, 6.07) is 12.8. The van der Waals surface area contributed by atoms with E-state index in [2.05, 4.69) is 6.92 Å². The van der Waals surface area contributed by atoms with Crippen molar-refractivity contribution in [3.8, 4) is 22.6 Å². The van der Waals surface area contributed by atoms with Gasteiger partial charge in [0.1, 0.15) is 11.6 Å². The van der Waals surface area contributed by atoms with Crippen molar-refractivity contribution in [1.29, 1.82) is 0 Å². The zero-order chi connectivity index (χ0) is 33.7. The maximum Gasteiger partial charge on any atom is 0.426 e. The van der Waals surface area contributed by atoms with Gasteiger partial charge in [0.05, 0.1) is 12.2 Å². The SMILES string of the molecule is CCCCCc1ccc(C(F)(F)Oc2cc(F)c(OCC3CCC(c4ccc(-c5cc(F)c(F)c(F)c5)c(F)c4)CC3)c(F)c2)cc1. The number of rotatable bonds is 12. The lowest BCUT2D eigenvalue weighted by molar-refractivity contribution is -0.185. The van der Waals surface area contributed by atoms with Gasteiger partial charge in [-0.05, 0) is 97.4 Å². The van der Waals surface area contributed by atoms with Gasteiger partial charge in [0.2, 0.25) is 0 Å². The number of ether oxygens (including phenoxy) is 2. The van der Waals surface area contributed by atoms with Crippen LogP contribution in [0.15, 0.2) is 66.7 Å². The molecule has 250 valence electrons. The van der Waals surface area contributed by atoms with E-state index in [1.165, 1.54) is 24.3 Å². The fraction of sp³-hybridized carbons (Fsp3) is 0.351. The second kappa shape index (κ2) is 14.8. The number of aryl methyl sites for hydroxylation is 1. The highest BCUT2D eigenvalue weighted by atomic mass is 19.3. The van der Waals surface area contributed by atoms with Gasteiger partial charge in [-0.3, -0.25) is 0 Å². The molecule has 1 fully saturated rings. The normalized spacial score (nSPS) is 16.7. The van der Waals surface area contributed by atoms with E-state index in [9.17, 15) is 35.1 Å². The molecule has 1 saturated carbocycles. The Hall–Kier alpha value is -4.08. The van der Waals surface area contributed by atoms with Crippen LogP contribution in [0.3, 0.4) is 0 Å². The lowest BCUT2D eigenvalue weighted by Gasteiger charge is -2.29. The van der Waals surface area contributed by atoms with Crippen LogP contribution in [0.1, 0.15) is 74.5 Å². The molecule has 1 aliphatic rings. The predicted molar refractivity (Wildman–Crippen MR) is 162 cm³/mol. The molecule has 4 aromatic carbocycles. The molecule has 2 nitrogen and oxygen atoms in total. The number of hydrogen-bond acceptors (Lipinski definition) is 2. The standard InChI is InChI=1S/C37H34F8O2/c1-2-3-4-5-22-8-13-27(14-9-22)37(44,45)47-28-19-33(41)36(34(42)20-28)46-21-23-6-10-24(11-7-23)25-12-15-29(30(38)16-25)26-17-31(39)35(43)32(40)18-26/h8-9,12-20,23-24H,2-7,10-11,21H2,1H3. The highest BCUT2D eigenvalue weighted by Gasteiger charge is 2.35. The van der Waals surface area contributed by atoms with Gasteiger partial charge in [-0.15, -0.1) is 0 Å². The van der Waals surface area contributed by atoms with Crippen molar-refractivity contribution in [2.75, 3.05) is 6.61 Å². The molecule has 0 radical (unpaired) electrons. The van der Waals surface area contributed by atoms with Crippen LogP contribution in [0.25, 0.3) is 11.1 Å². The summed E-state index contributed by atoms with van der Waals surface area (Å²) in [6.07, 6.45) is 2.44. The smallest absolute Gasteiger partial charge is 0.426 e. The van der Waals surface area contributed by atoms with Crippen molar-refractivity contribution in [2.45, 2.75) is 70.3 Å². The third-order valence-electron chi connectivity index (χ3n) is 8.65. The predicted octanol–water partition coefficient (Wildman–Crippen LogP) is 11.4. The number of alkyl halides is 2. The first-order chi connectivity index (χ1) is 22.4. The summed E-state index contributed by atoms with van der Waals surface area (Å²) < 4.78 is 125. The summed E-state index contributed by atoms with van der Waals surface area (Å²) >= 11 is 0. The van der Waals surface area contributed by atoms with Crippen molar-refractivity contribution >= 4 is 0 Å². The first-order valence-corrected chi connectivity index (χ1v) is 15.7. The highest BCUT2D eigenvalue weighted by Crippen LogP contribution is 2.39. The van der Waals surface area contributed by atoms with E-state index < -0.39 is 58.1 Å². The quantitative estimate of drug-likeness (QED) is 0.0854. The number of benzene rings is 4. The molecule has 4 aromatic rings. The second-order valence-electron chi connectivity index (χ2n) is 12.0. The van der Waals surface area contributed by atoms with Gasteiger partial charge in [0.15, 0.2) is 34.8 Å². The average molecular weight is 663 g/mol. The minimum Gasteiger partial charge on any atom is -0.487 e. The number of halogens is 8. The zero-order valence-corrected chi connectivity index (χ0v) is 25.7. The van der Waals surface area contributed by atoms with Crippen LogP contribution in [0.2, 0.25) is 0 Å². The van der Waals surface area contributed by atoms with E-state index in [0.717, 1.165) is 43.4 Å². The Balaban J connectivity index is 1.15. The Bertz CT molecular complexity index is 1630. The van der Waals surface area contributed by atoms with E-state index in [4.69, 9.17) is 9.47 Å². The monoisotopic (exact) mass is 662 g/mol. The van der Waals surface area contributed by atoms with E-state index in [1.807, 2.05) is 0 Å². The maximum atomic E-state index is 14.9. The van der Waals surface area contributed by atoms with Crippen LogP contribution < -0.4 is 9.47 Å². The molecule has 0 N–H and O–H groups in total. The van der Waals surface area contributed by atoms with Gasteiger partial charge in [-0.1, -0.05) is 44.0 Å². The molecule has 0 bridgehead atoms. The fourth-order valence-corrected chi connectivity index (χ4v) is 5.98. The molecule has 0 aromatic heterocycles. The number of hydrogen-bond donors (Lipinski definition) is 0. The van der Waals surface area contributed by atoms with Crippen molar-refractivity contribution < 1.29 is 44.6 Å². The van der Waals surface area contributed by atoms with Crippen LogP contribution in [0.5, 0.6) is 11.5 Å². The van der Waals surface area contributed by atoms with Gasteiger partial charge in [0.25, 0.3) is 0 Å². The molecule has 47 heavy (non-hydrogen) atoms. The van der Waals surface area contributed by atoms with Gasteiger partial charge in [-0.25, -0.2) is 26.3 Å². The molecule has 0 spiro atoms. The molecule has 0 saturated heterocycles. The van der Waals surface area contributed by atoms with Gasteiger partial charge >= 0.3 is 6.11 Å². The molecule has 5 rings (SSSR count). The van der Waals surface area contributed by atoms with Crippen LogP contribution in [-0.4, -0.2) is 6.61 Å². The van der Waals surface area contributed by atoms with E-state index in [0.29, 0.717) is 43.4 Å². The van der Waals surface area contributed by atoms with Crippen LogP contribution in [-0.2, 0) is 12.5 Å². The lowest BCUT2D eigenvalue weighted by atomic mass is 9.78. The van der Waals surface area contributed by atoms with Crippen molar-refractivity contribution in [3.05, 3.63) is 118 Å². The minimum atomic E-state index is -3.82. The molecule has 0 heterocycles. The Labute approximate surface area is 268 Å². The molecule has 10 heteroatoms. The van der Waals surface area contributed by atoms with E-state index >= 15 is 0 Å². The van der Waals surface area contributed by atoms with Gasteiger partial charge < -0.3 is 9.47 Å². The summed E-state index contributed by atoms with van der Waals surface area (Å²) in [4.78, 5) is 0. The Morgan fingerprint density at radius 1 is 0.702 bits per heavy atom. The first-order valence-electron chi connectivity index (χ1n) is 15.7. The second-order valence-corrected chi connectivity index (χ2v) is 12.0. The molecular formula is C37H34F8O2. The summed E-state index contributed by atoms with van der Waals surface area (Å²) in [5, 5.41) is 0. The third-order valence-corrected chi connectivity index (χ3v) is 8.65. The molecule has 0 atom stereocenters. The van der Waals surface area contributed by atoms with E-state index in [-0.39, 0.29) is 29.6 Å². The third kappa shape index (κ3) is 8.26. The fourth-order valence-electron chi connectivity index (χ4n) is 5.98.